The molecule has 0 aromatic heterocycles. The van der Waals surface area contributed by atoms with Crippen molar-refractivity contribution in [3.63, 3.8) is 0 Å². The van der Waals surface area contributed by atoms with Crippen molar-refractivity contribution in [2.24, 2.45) is 11.8 Å². The third-order valence-electron chi connectivity index (χ3n) is 3.81. The van der Waals surface area contributed by atoms with Crippen LogP contribution in [0.25, 0.3) is 0 Å². The van der Waals surface area contributed by atoms with Gasteiger partial charge in [0, 0.05) is 25.6 Å². The summed E-state index contributed by atoms with van der Waals surface area (Å²) in [5.74, 6) is 0.0109. The highest BCUT2D eigenvalue weighted by Gasteiger charge is 2.18. The van der Waals surface area contributed by atoms with Crippen molar-refractivity contribution in [2.75, 3.05) is 13.1 Å². The molecular formula is C16H32N2O3. The zero-order chi connectivity index (χ0) is 16.4. The van der Waals surface area contributed by atoms with Gasteiger partial charge in [0.2, 0.25) is 0 Å². The molecule has 21 heavy (non-hydrogen) atoms. The molecule has 124 valence electrons. The van der Waals surface area contributed by atoms with Crippen LogP contribution in [0, 0.1) is 11.8 Å². The van der Waals surface area contributed by atoms with Gasteiger partial charge in [-0.2, -0.15) is 0 Å². The summed E-state index contributed by atoms with van der Waals surface area (Å²) in [6.07, 6.45) is 2.64. The molecule has 0 fully saturated rings. The maximum atomic E-state index is 12.1. The summed E-state index contributed by atoms with van der Waals surface area (Å²) in [6, 6.07) is 0.172. The minimum Gasteiger partial charge on any atom is -0.481 e. The van der Waals surface area contributed by atoms with Crippen molar-refractivity contribution in [2.45, 2.75) is 66.3 Å². The van der Waals surface area contributed by atoms with Gasteiger partial charge in [0.1, 0.15) is 0 Å². The number of carbonyl (C=O) groups excluding carboxylic acids is 1. The Kier molecular flexibility index (Phi) is 9.84. The lowest BCUT2D eigenvalue weighted by atomic mass is 9.88. The van der Waals surface area contributed by atoms with Gasteiger partial charge in [-0.3, -0.25) is 4.79 Å². The lowest BCUT2D eigenvalue weighted by molar-refractivity contribution is -0.137. The average Bonchev–Trinajstić information content (AvgIpc) is 2.38. The molecule has 0 aliphatic rings. The first-order chi connectivity index (χ1) is 9.79. The van der Waals surface area contributed by atoms with Gasteiger partial charge in [0.15, 0.2) is 0 Å². The Morgan fingerprint density at radius 1 is 1.14 bits per heavy atom. The SMILES string of the molecule is CCCN(C(=O)NCCC(CCC(=O)O)C(C)C)C(C)C. The van der Waals surface area contributed by atoms with Crippen LogP contribution in [-0.2, 0) is 4.79 Å². The fraction of sp³-hybridized carbons (Fsp3) is 0.875. The lowest BCUT2D eigenvalue weighted by Gasteiger charge is -2.27. The molecule has 1 atom stereocenters. The van der Waals surface area contributed by atoms with Crippen LogP contribution >= 0.6 is 0 Å². The highest BCUT2D eigenvalue weighted by Crippen LogP contribution is 2.20. The van der Waals surface area contributed by atoms with E-state index in [0.29, 0.717) is 24.8 Å². The van der Waals surface area contributed by atoms with Gasteiger partial charge < -0.3 is 15.3 Å². The van der Waals surface area contributed by atoms with Crippen molar-refractivity contribution in [3.05, 3.63) is 0 Å². The van der Waals surface area contributed by atoms with Gasteiger partial charge in [-0.1, -0.05) is 20.8 Å². The van der Waals surface area contributed by atoms with Crippen molar-refractivity contribution >= 4 is 12.0 Å². The number of nitrogens with zero attached hydrogens (tertiary/aromatic N) is 1. The topological polar surface area (TPSA) is 69.6 Å². The van der Waals surface area contributed by atoms with Gasteiger partial charge in [0.25, 0.3) is 0 Å². The molecule has 0 radical (unpaired) electrons. The molecule has 0 aliphatic carbocycles. The molecule has 5 heteroatoms. The van der Waals surface area contributed by atoms with E-state index in [1.165, 1.54) is 0 Å². The first-order valence-corrected chi connectivity index (χ1v) is 8.05. The predicted molar refractivity (Wildman–Crippen MR) is 85.3 cm³/mol. The van der Waals surface area contributed by atoms with Crippen molar-refractivity contribution < 1.29 is 14.7 Å². The van der Waals surface area contributed by atoms with E-state index in [2.05, 4.69) is 26.1 Å². The summed E-state index contributed by atoms with van der Waals surface area (Å²) < 4.78 is 0. The minimum atomic E-state index is -0.751. The van der Waals surface area contributed by atoms with Crippen LogP contribution < -0.4 is 5.32 Å². The predicted octanol–water partition coefficient (Wildman–Crippen LogP) is 3.34. The highest BCUT2D eigenvalue weighted by atomic mass is 16.4. The lowest BCUT2D eigenvalue weighted by Crippen LogP contribution is -2.44. The van der Waals surface area contributed by atoms with Crippen LogP contribution in [0.1, 0.15) is 60.3 Å². The van der Waals surface area contributed by atoms with E-state index >= 15 is 0 Å². The maximum Gasteiger partial charge on any atom is 0.317 e. The van der Waals surface area contributed by atoms with Crippen molar-refractivity contribution in [3.8, 4) is 0 Å². The Labute approximate surface area is 129 Å². The number of carboxylic acid groups (broad SMARTS) is 1. The van der Waals surface area contributed by atoms with Crippen LogP contribution in [0.5, 0.6) is 0 Å². The smallest absolute Gasteiger partial charge is 0.317 e. The Morgan fingerprint density at radius 3 is 2.19 bits per heavy atom. The van der Waals surface area contributed by atoms with Gasteiger partial charge in [-0.05, 0) is 44.9 Å². The van der Waals surface area contributed by atoms with E-state index in [1.807, 2.05) is 18.7 Å². The summed E-state index contributed by atoms with van der Waals surface area (Å²) in [5, 5.41) is 11.7. The molecule has 0 saturated heterocycles. The first kappa shape index (κ1) is 19.7. The summed E-state index contributed by atoms with van der Waals surface area (Å²) >= 11 is 0. The van der Waals surface area contributed by atoms with Gasteiger partial charge in [-0.15, -0.1) is 0 Å². The summed E-state index contributed by atoms with van der Waals surface area (Å²) in [6.45, 7) is 11.7. The number of hydrogen-bond donors (Lipinski definition) is 2. The van der Waals surface area contributed by atoms with E-state index in [0.717, 1.165) is 19.4 Å². The molecule has 0 bridgehead atoms. The number of nitrogens with one attached hydrogen (secondary N) is 1. The number of carbonyl (C=O) groups is 2. The maximum absolute atomic E-state index is 12.1. The molecule has 1 unspecified atom stereocenters. The second-order valence-corrected chi connectivity index (χ2v) is 6.24. The Hall–Kier alpha value is -1.26. The molecule has 5 nitrogen and oxygen atoms in total. The second kappa shape index (κ2) is 10.5. The van der Waals surface area contributed by atoms with Crippen LogP contribution in [0.2, 0.25) is 0 Å². The van der Waals surface area contributed by atoms with Crippen LogP contribution in [-0.4, -0.2) is 41.1 Å². The first-order valence-electron chi connectivity index (χ1n) is 8.05. The van der Waals surface area contributed by atoms with E-state index in [4.69, 9.17) is 5.11 Å². The molecule has 0 aromatic carbocycles. The Bertz CT molecular complexity index is 317. The Balaban J connectivity index is 4.23. The molecule has 2 N–H and O–H groups in total. The van der Waals surface area contributed by atoms with E-state index in [1.54, 1.807) is 0 Å². The quantitative estimate of drug-likeness (QED) is 0.650. The van der Waals surface area contributed by atoms with Crippen LogP contribution in [0.4, 0.5) is 4.79 Å². The normalized spacial score (nSPS) is 12.5. The molecule has 0 spiro atoms. The van der Waals surface area contributed by atoms with Gasteiger partial charge in [0.05, 0.1) is 0 Å². The van der Waals surface area contributed by atoms with E-state index < -0.39 is 5.97 Å². The minimum absolute atomic E-state index is 0.0207. The number of aliphatic carboxylic acids is 1. The van der Waals surface area contributed by atoms with E-state index in [9.17, 15) is 9.59 Å². The second-order valence-electron chi connectivity index (χ2n) is 6.24. The molecule has 0 saturated carbocycles. The molecule has 0 aromatic rings. The summed E-state index contributed by atoms with van der Waals surface area (Å²) in [5.41, 5.74) is 0. The number of amides is 2. The number of rotatable bonds is 10. The summed E-state index contributed by atoms with van der Waals surface area (Å²) in [4.78, 5) is 24.6. The third kappa shape index (κ3) is 8.58. The third-order valence-corrected chi connectivity index (χ3v) is 3.81. The Morgan fingerprint density at radius 2 is 1.76 bits per heavy atom. The largest absolute Gasteiger partial charge is 0.481 e. The zero-order valence-electron chi connectivity index (χ0n) is 14.2. The van der Waals surface area contributed by atoms with Gasteiger partial charge >= 0.3 is 12.0 Å². The molecule has 0 rings (SSSR count). The monoisotopic (exact) mass is 300 g/mol. The fourth-order valence-electron chi connectivity index (χ4n) is 2.42. The molecule has 0 aliphatic heterocycles. The summed E-state index contributed by atoms with van der Waals surface area (Å²) in [7, 11) is 0. The van der Waals surface area contributed by atoms with Crippen LogP contribution in [0.3, 0.4) is 0 Å². The van der Waals surface area contributed by atoms with Crippen molar-refractivity contribution in [1.29, 1.82) is 0 Å². The number of urea groups is 1. The standard InChI is InChI=1S/C16H32N2O3/c1-6-11-18(13(4)5)16(21)17-10-9-14(12(2)3)7-8-15(19)20/h12-14H,6-11H2,1-5H3,(H,17,21)(H,19,20). The fourth-order valence-corrected chi connectivity index (χ4v) is 2.42. The molecule has 2 amide bonds. The molecule has 0 heterocycles. The number of hydrogen-bond acceptors (Lipinski definition) is 2. The van der Waals surface area contributed by atoms with Gasteiger partial charge in [-0.25, -0.2) is 4.79 Å². The zero-order valence-corrected chi connectivity index (χ0v) is 14.2. The highest BCUT2D eigenvalue weighted by molar-refractivity contribution is 5.74. The van der Waals surface area contributed by atoms with Crippen molar-refractivity contribution in [1.82, 2.24) is 10.2 Å². The number of carboxylic acids is 1. The van der Waals surface area contributed by atoms with E-state index in [-0.39, 0.29) is 18.5 Å². The van der Waals surface area contributed by atoms with Crippen LogP contribution in [0.15, 0.2) is 0 Å². The average molecular weight is 300 g/mol. The molecular weight excluding hydrogens is 268 g/mol.